The number of hydrogen-bond acceptors (Lipinski definition) is 7. The summed E-state index contributed by atoms with van der Waals surface area (Å²) in [7, 11) is 1.61. The van der Waals surface area contributed by atoms with E-state index in [1.54, 1.807) is 7.11 Å². The Balaban J connectivity index is 2.61. The van der Waals surface area contributed by atoms with Crippen LogP contribution in [-0.2, 0) is 20.9 Å². The van der Waals surface area contributed by atoms with Gasteiger partial charge in [0.2, 0.25) is 0 Å². The largest absolute Gasteiger partial charge is 0.461 e. The van der Waals surface area contributed by atoms with E-state index >= 15 is 0 Å². The van der Waals surface area contributed by atoms with Crippen molar-refractivity contribution in [1.29, 1.82) is 0 Å². The van der Waals surface area contributed by atoms with Crippen LogP contribution in [0, 0.1) is 0 Å². The Labute approximate surface area is 93.0 Å². The maximum Gasteiger partial charge on any atom is 0.293 e. The smallest absolute Gasteiger partial charge is 0.293 e. The molecular weight excluding hydrogens is 212 g/mol. The fourth-order valence-electron chi connectivity index (χ4n) is 1.02. The van der Waals surface area contributed by atoms with Crippen LogP contribution in [0.4, 0.5) is 11.6 Å². The summed E-state index contributed by atoms with van der Waals surface area (Å²) in [6.45, 7) is 1.53. The number of anilines is 2. The first-order chi connectivity index (χ1) is 7.77. The molecule has 0 fully saturated rings. The number of rotatable bonds is 7. The van der Waals surface area contributed by atoms with E-state index in [1.807, 2.05) is 0 Å². The fourth-order valence-corrected chi connectivity index (χ4v) is 1.02. The van der Waals surface area contributed by atoms with Crippen LogP contribution >= 0.6 is 0 Å². The molecule has 88 valence electrons. The number of carbonyl (C=O) groups excluding carboxylic acids is 1. The summed E-state index contributed by atoms with van der Waals surface area (Å²) < 4.78 is 9.44. The molecule has 1 heterocycles. The summed E-state index contributed by atoms with van der Waals surface area (Å²) in [6, 6.07) is 0. The third-order valence-corrected chi connectivity index (χ3v) is 1.78. The predicted octanol–water partition coefficient (Wildman–Crippen LogP) is -0.210. The molecule has 7 heteroatoms. The van der Waals surface area contributed by atoms with Crippen LogP contribution < -0.4 is 11.1 Å². The van der Waals surface area contributed by atoms with Crippen molar-refractivity contribution in [3.8, 4) is 0 Å². The van der Waals surface area contributed by atoms with Gasteiger partial charge >= 0.3 is 0 Å². The van der Waals surface area contributed by atoms with Gasteiger partial charge in [-0.1, -0.05) is 0 Å². The molecule has 1 rings (SSSR count). The van der Waals surface area contributed by atoms with E-state index in [-0.39, 0.29) is 12.4 Å². The average Bonchev–Trinajstić information content (AvgIpc) is 2.30. The number of nitrogens with one attached hydrogen (secondary N) is 1. The second-order valence-electron chi connectivity index (χ2n) is 2.91. The third kappa shape index (κ3) is 3.70. The number of nitrogens with zero attached hydrogens (tertiary/aromatic N) is 2. The first-order valence-corrected chi connectivity index (χ1v) is 4.67. The summed E-state index contributed by atoms with van der Waals surface area (Å²) in [5, 5.41) is 2.99. The summed E-state index contributed by atoms with van der Waals surface area (Å²) >= 11 is 0. The van der Waals surface area contributed by atoms with Gasteiger partial charge < -0.3 is 20.5 Å². The molecule has 0 aromatic carbocycles. The zero-order valence-corrected chi connectivity index (χ0v) is 8.97. The molecule has 0 aliphatic rings. The summed E-state index contributed by atoms with van der Waals surface area (Å²) in [5.41, 5.74) is 5.99. The van der Waals surface area contributed by atoms with Crippen molar-refractivity contribution in [3.05, 3.63) is 11.9 Å². The Morgan fingerprint density at radius 1 is 1.62 bits per heavy atom. The second kappa shape index (κ2) is 6.57. The van der Waals surface area contributed by atoms with E-state index in [2.05, 4.69) is 20.0 Å². The number of ether oxygens (including phenoxy) is 2. The molecule has 3 N–H and O–H groups in total. The molecule has 0 atom stereocenters. The van der Waals surface area contributed by atoms with E-state index in [9.17, 15) is 4.79 Å². The van der Waals surface area contributed by atoms with Crippen LogP contribution in [0.25, 0.3) is 0 Å². The lowest BCUT2D eigenvalue weighted by Crippen LogP contribution is -2.11. The summed E-state index contributed by atoms with van der Waals surface area (Å²) in [6.07, 6.45) is 1.51. The van der Waals surface area contributed by atoms with Gasteiger partial charge in [0, 0.05) is 13.7 Å². The Morgan fingerprint density at radius 2 is 2.44 bits per heavy atom. The Bertz CT molecular complexity index is 346. The highest BCUT2D eigenvalue weighted by Gasteiger charge is 2.04. The van der Waals surface area contributed by atoms with E-state index in [0.29, 0.717) is 31.1 Å². The Hall–Kier alpha value is -1.89. The SMILES string of the molecule is COCCNc1cnc(N)c(COC=O)n1. The molecule has 0 spiro atoms. The van der Waals surface area contributed by atoms with Crippen molar-refractivity contribution in [2.75, 3.05) is 31.3 Å². The van der Waals surface area contributed by atoms with Gasteiger partial charge in [0.25, 0.3) is 6.47 Å². The zero-order valence-electron chi connectivity index (χ0n) is 8.97. The van der Waals surface area contributed by atoms with E-state index in [1.165, 1.54) is 6.20 Å². The molecule has 1 aromatic rings. The number of methoxy groups -OCH3 is 1. The van der Waals surface area contributed by atoms with E-state index in [0.717, 1.165) is 0 Å². The first kappa shape index (κ1) is 12.2. The van der Waals surface area contributed by atoms with E-state index in [4.69, 9.17) is 10.5 Å². The van der Waals surface area contributed by atoms with E-state index < -0.39 is 0 Å². The van der Waals surface area contributed by atoms with Gasteiger partial charge in [0.1, 0.15) is 23.9 Å². The van der Waals surface area contributed by atoms with Crippen molar-refractivity contribution in [2.24, 2.45) is 0 Å². The quantitative estimate of drug-likeness (QED) is 0.490. The fraction of sp³-hybridized carbons (Fsp3) is 0.444. The maximum atomic E-state index is 10.0. The topological polar surface area (TPSA) is 99.4 Å². The van der Waals surface area contributed by atoms with Gasteiger partial charge in [0.15, 0.2) is 0 Å². The first-order valence-electron chi connectivity index (χ1n) is 4.67. The van der Waals surface area contributed by atoms with Crippen molar-refractivity contribution in [1.82, 2.24) is 9.97 Å². The third-order valence-electron chi connectivity index (χ3n) is 1.78. The van der Waals surface area contributed by atoms with Gasteiger partial charge in [0.05, 0.1) is 12.8 Å². The second-order valence-corrected chi connectivity index (χ2v) is 2.91. The molecule has 0 radical (unpaired) electrons. The normalized spacial score (nSPS) is 9.81. The highest BCUT2D eigenvalue weighted by Crippen LogP contribution is 2.10. The molecule has 0 amide bonds. The lowest BCUT2D eigenvalue weighted by Gasteiger charge is -2.07. The van der Waals surface area contributed by atoms with Crippen LogP contribution in [-0.4, -0.2) is 36.7 Å². The number of carbonyl (C=O) groups is 1. The minimum absolute atomic E-state index is 0.0160. The molecule has 7 nitrogen and oxygen atoms in total. The van der Waals surface area contributed by atoms with Crippen LogP contribution in [0.3, 0.4) is 0 Å². The summed E-state index contributed by atoms with van der Waals surface area (Å²) in [4.78, 5) is 18.1. The van der Waals surface area contributed by atoms with Crippen molar-refractivity contribution >= 4 is 18.1 Å². The Kier molecular flexibility index (Phi) is 5.00. The average molecular weight is 226 g/mol. The standard InChI is InChI=1S/C9H14N4O3/c1-15-3-2-11-8-4-12-9(10)7(13-8)5-16-6-14/h4,6H,2-3,5H2,1H3,(H2,10,12)(H,11,13). The zero-order chi connectivity index (χ0) is 11.8. The molecule has 1 aromatic heterocycles. The molecule has 0 unspecified atom stereocenters. The van der Waals surface area contributed by atoms with Crippen molar-refractivity contribution in [2.45, 2.75) is 6.61 Å². The lowest BCUT2D eigenvalue weighted by molar-refractivity contribution is -0.129. The van der Waals surface area contributed by atoms with Gasteiger partial charge in [-0.3, -0.25) is 4.79 Å². The van der Waals surface area contributed by atoms with Gasteiger partial charge in [-0.05, 0) is 0 Å². The molecule has 0 saturated carbocycles. The number of hydrogen-bond donors (Lipinski definition) is 2. The molecule has 0 bridgehead atoms. The lowest BCUT2D eigenvalue weighted by atomic mass is 10.4. The van der Waals surface area contributed by atoms with Gasteiger partial charge in [-0.15, -0.1) is 0 Å². The molecule has 16 heavy (non-hydrogen) atoms. The molecule has 0 saturated heterocycles. The van der Waals surface area contributed by atoms with Crippen LogP contribution in [0.5, 0.6) is 0 Å². The number of nitrogens with two attached hydrogens (primary N) is 1. The van der Waals surface area contributed by atoms with Crippen molar-refractivity contribution < 1.29 is 14.3 Å². The minimum atomic E-state index is 0.0160. The predicted molar refractivity (Wildman–Crippen MR) is 57.7 cm³/mol. The van der Waals surface area contributed by atoms with Crippen molar-refractivity contribution in [3.63, 3.8) is 0 Å². The Morgan fingerprint density at radius 3 is 3.12 bits per heavy atom. The highest BCUT2D eigenvalue weighted by atomic mass is 16.5. The summed E-state index contributed by atoms with van der Waals surface area (Å²) in [5.74, 6) is 0.815. The monoisotopic (exact) mass is 226 g/mol. The molecule has 0 aliphatic heterocycles. The maximum absolute atomic E-state index is 10.0. The van der Waals surface area contributed by atoms with Crippen LogP contribution in [0.2, 0.25) is 0 Å². The molecular formula is C9H14N4O3. The molecule has 0 aliphatic carbocycles. The van der Waals surface area contributed by atoms with Crippen LogP contribution in [0.1, 0.15) is 5.69 Å². The minimum Gasteiger partial charge on any atom is -0.461 e. The number of nitrogen functional groups attached to an aromatic ring is 1. The van der Waals surface area contributed by atoms with Gasteiger partial charge in [-0.25, -0.2) is 9.97 Å². The number of aromatic nitrogens is 2. The van der Waals surface area contributed by atoms with Gasteiger partial charge in [-0.2, -0.15) is 0 Å². The van der Waals surface area contributed by atoms with Crippen LogP contribution in [0.15, 0.2) is 6.20 Å². The highest BCUT2D eigenvalue weighted by molar-refractivity contribution is 5.43.